The van der Waals surface area contributed by atoms with E-state index in [0.29, 0.717) is 16.6 Å². The lowest BCUT2D eigenvalue weighted by molar-refractivity contribution is -0.137. The third-order valence-corrected chi connectivity index (χ3v) is 3.65. The van der Waals surface area contributed by atoms with E-state index in [9.17, 15) is 18.0 Å². The summed E-state index contributed by atoms with van der Waals surface area (Å²) in [5.74, 6) is -0.183. The Balaban J connectivity index is 2.05. The lowest BCUT2D eigenvalue weighted by atomic mass is 10.1. The van der Waals surface area contributed by atoms with Crippen LogP contribution in [0.4, 0.5) is 24.7 Å². The summed E-state index contributed by atoms with van der Waals surface area (Å²) in [6.45, 7) is 0. The van der Waals surface area contributed by atoms with Gasteiger partial charge in [-0.25, -0.2) is 9.78 Å². The van der Waals surface area contributed by atoms with Crippen molar-refractivity contribution in [2.24, 2.45) is 0 Å². The number of carbonyl (C=O) groups is 1. The minimum atomic E-state index is -4.43. The summed E-state index contributed by atoms with van der Waals surface area (Å²) < 4.78 is 43.3. The molecule has 0 bridgehead atoms. The number of ether oxygens (including phenoxy) is 1. The van der Waals surface area contributed by atoms with Crippen molar-refractivity contribution in [3.05, 3.63) is 65.9 Å². The number of methoxy groups -OCH3 is 1. The predicted molar refractivity (Wildman–Crippen MR) is 87.8 cm³/mol. The third kappa shape index (κ3) is 3.40. The molecule has 1 aromatic heterocycles. The van der Waals surface area contributed by atoms with Crippen LogP contribution in [0.15, 0.2) is 54.7 Å². The second-order valence-corrected chi connectivity index (χ2v) is 5.26. The SMILES string of the molecule is COC(=O)c1cnc(Nc2cccc(C(F)(F)F)c2)c2ccccc12. The standard InChI is InChI=1S/C18H13F3N2O2/c1-25-17(24)15-10-22-16(14-8-3-2-7-13(14)15)23-12-6-4-5-11(9-12)18(19,20)21/h2-10H,1H3,(H,22,23). The number of pyridine rings is 1. The molecule has 0 aliphatic rings. The Bertz CT molecular complexity index is 939. The molecular weight excluding hydrogens is 333 g/mol. The van der Waals surface area contributed by atoms with Crippen LogP contribution in [0.3, 0.4) is 0 Å². The van der Waals surface area contributed by atoms with Gasteiger partial charge in [-0.15, -0.1) is 0 Å². The Hall–Kier alpha value is -3.09. The van der Waals surface area contributed by atoms with Crippen LogP contribution >= 0.6 is 0 Å². The first-order valence-electron chi connectivity index (χ1n) is 7.30. The molecule has 0 spiro atoms. The number of rotatable bonds is 3. The monoisotopic (exact) mass is 346 g/mol. The molecule has 1 N–H and O–H groups in total. The zero-order chi connectivity index (χ0) is 18.0. The van der Waals surface area contributed by atoms with Gasteiger partial charge in [-0.3, -0.25) is 0 Å². The van der Waals surface area contributed by atoms with E-state index in [-0.39, 0.29) is 11.3 Å². The lowest BCUT2D eigenvalue weighted by Crippen LogP contribution is -2.06. The maximum absolute atomic E-state index is 12.8. The van der Waals surface area contributed by atoms with E-state index in [0.717, 1.165) is 12.1 Å². The molecule has 0 aliphatic carbocycles. The van der Waals surface area contributed by atoms with E-state index >= 15 is 0 Å². The van der Waals surface area contributed by atoms with Crippen molar-refractivity contribution in [2.75, 3.05) is 12.4 Å². The molecule has 1 heterocycles. The molecular formula is C18H13F3N2O2. The Morgan fingerprint density at radius 3 is 2.48 bits per heavy atom. The van der Waals surface area contributed by atoms with E-state index < -0.39 is 17.7 Å². The van der Waals surface area contributed by atoms with Crippen molar-refractivity contribution in [3.8, 4) is 0 Å². The van der Waals surface area contributed by atoms with Crippen LogP contribution in [-0.4, -0.2) is 18.1 Å². The molecule has 0 atom stereocenters. The number of halogens is 3. The van der Waals surface area contributed by atoms with Gasteiger partial charge in [0.25, 0.3) is 0 Å². The van der Waals surface area contributed by atoms with Crippen molar-refractivity contribution in [1.29, 1.82) is 0 Å². The molecule has 3 aromatic rings. The number of hydrogen-bond acceptors (Lipinski definition) is 4. The fourth-order valence-electron chi connectivity index (χ4n) is 2.47. The largest absolute Gasteiger partial charge is 0.465 e. The van der Waals surface area contributed by atoms with Crippen molar-refractivity contribution in [2.45, 2.75) is 6.18 Å². The van der Waals surface area contributed by atoms with Crippen LogP contribution < -0.4 is 5.32 Å². The summed E-state index contributed by atoms with van der Waals surface area (Å²) in [6.07, 6.45) is -3.09. The number of nitrogens with zero attached hydrogens (tertiary/aromatic N) is 1. The zero-order valence-electron chi connectivity index (χ0n) is 13.1. The van der Waals surface area contributed by atoms with Crippen molar-refractivity contribution < 1.29 is 22.7 Å². The average Bonchev–Trinajstić information content (AvgIpc) is 2.61. The van der Waals surface area contributed by atoms with Gasteiger partial charge in [0.15, 0.2) is 0 Å². The second kappa shape index (κ2) is 6.43. The molecule has 3 rings (SSSR count). The topological polar surface area (TPSA) is 51.2 Å². The summed E-state index contributed by atoms with van der Waals surface area (Å²) in [5, 5.41) is 4.08. The molecule has 128 valence electrons. The highest BCUT2D eigenvalue weighted by Crippen LogP contribution is 2.32. The average molecular weight is 346 g/mol. The predicted octanol–water partition coefficient (Wildman–Crippen LogP) is 4.78. The molecule has 2 aromatic carbocycles. The number of benzene rings is 2. The van der Waals surface area contributed by atoms with E-state index in [1.54, 1.807) is 24.3 Å². The molecule has 0 unspecified atom stereocenters. The maximum Gasteiger partial charge on any atom is 0.416 e. The summed E-state index contributed by atoms with van der Waals surface area (Å²) in [7, 11) is 1.27. The number of anilines is 2. The van der Waals surface area contributed by atoms with E-state index in [4.69, 9.17) is 4.74 Å². The number of carbonyl (C=O) groups excluding carboxylic acids is 1. The smallest absolute Gasteiger partial charge is 0.416 e. The van der Waals surface area contributed by atoms with Gasteiger partial charge in [0.2, 0.25) is 0 Å². The minimum Gasteiger partial charge on any atom is -0.465 e. The van der Waals surface area contributed by atoms with Crippen LogP contribution in [0.2, 0.25) is 0 Å². The van der Waals surface area contributed by atoms with Crippen molar-refractivity contribution >= 4 is 28.2 Å². The number of aromatic nitrogens is 1. The molecule has 4 nitrogen and oxygen atoms in total. The summed E-state index contributed by atoms with van der Waals surface area (Å²) in [4.78, 5) is 16.0. The third-order valence-electron chi connectivity index (χ3n) is 3.65. The Kier molecular flexibility index (Phi) is 4.31. The van der Waals surface area contributed by atoms with Crippen LogP contribution in [0.25, 0.3) is 10.8 Å². The zero-order valence-corrected chi connectivity index (χ0v) is 13.1. The molecule has 0 radical (unpaired) electrons. The minimum absolute atomic E-state index is 0.248. The van der Waals surface area contributed by atoms with Crippen LogP contribution in [0, 0.1) is 0 Å². The molecule has 0 fully saturated rings. The number of nitrogens with one attached hydrogen (secondary N) is 1. The Morgan fingerprint density at radius 2 is 1.80 bits per heavy atom. The first-order chi connectivity index (χ1) is 11.9. The Morgan fingerprint density at radius 1 is 1.08 bits per heavy atom. The van der Waals surface area contributed by atoms with E-state index in [1.807, 2.05) is 0 Å². The molecule has 0 aliphatic heterocycles. The highest BCUT2D eigenvalue weighted by Gasteiger charge is 2.30. The van der Waals surface area contributed by atoms with Gasteiger partial charge in [-0.1, -0.05) is 30.3 Å². The van der Waals surface area contributed by atoms with Crippen LogP contribution in [0.1, 0.15) is 15.9 Å². The van der Waals surface area contributed by atoms with Crippen molar-refractivity contribution in [3.63, 3.8) is 0 Å². The fraction of sp³-hybridized carbons (Fsp3) is 0.111. The van der Waals surface area contributed by atoms with Crippen LogP contribution in [0.5, 0.6) is 0 Å². The molecule has 7 heteroatoms. The second-order valence-electron chi connectivity index (χ2n) is 5.26. The maximum atomic E-state index is 12.8. The summed E-state index contributed by atoms with van der Waals surface area (Å²) in [5.41, 5.74) is -0.223. The van der Waals surface area contributed by atoms with Crippen LogP contribution in [-0.2, 0) is 10.9 Å². The number of fused-ring (bicyclic) bond motifs is 1. The van der Waals surface area contributed by atoms with Gasteiger partial charge in [0.1, 0.15) is 5.82 Å². The van der Waals surface area contributed by atoms with Gasteiger partial charge in [-0.2, -0.15) is 13.2 Å². The highest BCUT2D eigenvalue weighted by atomic mass is 19.4. The Labute approximate surface area is 141 Å². The highest BCUT2D eigenvalue weighted by molar-refractivity contribution is 6.07. The number of hydrogen-bond donors (Lipinski definition) is 1. The van der Waals surface area contributed by atoms with Gasteiger partial charge < -0.3 is 10.1 Å². The quantitative estimate of drug-likeness (QED) is 0.693. The first-order valence-corrected chi connectivity index (χ1v) is 7.30. The molecule has 0 saturated carbocycles. The van der Waals surface area contributed by atoms with Gasteiger partial charge in [0, 0.05) is 22.7 Å². The van der Waals surface area contributed by atoms with Gasteiger partial charge in [0.05, 0.1) is 18.2 Å². The van der Waals surface area contributed by atoms with Gasteiger partial charge >= 0.3 is 12.1 Å². The normalized spacial score (nSPS) is 11.4. The molecule has 0 saturated heterocycles. The van der Waals surface area contributed by atoms with E-state index in [2.05, 4.69) is 10.3 Å². The fourth-order valence-corrected chi connectivity index (χ4v) is 2.47. The summed E-state index contributed by atoms with van der Waals surface area (Å²) >= 11 is 0. The summed E-state index contributed by atoms with van der Waals surface area (Å²) in [6, 6.07) is 11.8. The first kappa shape index (κ1) is 16.8. The number of alkyl halides is 3. The number of esters is 1. The lowest BCUT2D eigenvalue weighted by Gasteiger charge is -2.13. The van der Waals surface area contributed by atoms with Crippen molar-refractivity contribution in [1.82, 2.24) is 4.98 Å². The molecule has 25 heavy (non-hydrogen) atoms. The molecule has 0 amide bonds. The van der Waals surface area contributed by atoms with E-state index in [1.165, 1.54) is 25.4 Å². The van der Waals surface area contributed by atoms with Gasteiger partial charge in [-0.05, 0) is 18.2 Å².